The number of benzene rings is 2. The van der Waals surface area contributed by atoms with E-state index in [0.717, 1.165) is 23.0 Å². The van der Waals surface area contributed by atoms with E-state index in [0.29, 0.717) is 5.56 Å². The minimum absolute atomic E-state index is 0.0618. The molecule has 2 aromatic carbocycles. The minimum Gasteiger partial charge on any atom is -0.478 e. The van der Waals surface area contributed by atoms with Gasteiger partial charge in [-0.25, -0.2) is 8.78 Å². The largest absolute Gasteiger partial charge is 0.478 e. The zero-order chi connectivity index (χ0) is 17.6. The van der Waals surface area contributed by atoms with E-state index in [4.69, 9.17) is 4.74 Å². The molecule has 1 heterocycles. The molecule has 0 saturated heterocycles. The Hall–Kier alpha value is -3.33. The molecule has 2 N–H and O–H groups in total. The summed E-state index contributed by atoms with van der Waals surface area (Å²) in [5.41, 5.74) is 1.50. The molecule has 3 aromatic rings. The third-order valence-corrected chi connectivity index (χ3v) is 3.47. The molecule has 3 rings (SSSR count). The average Bonchev–Trinajstić information content (AvgIpc) is 3.07. The van der Waals surface area contributed by atoms with Crippen molar-refractivity contribution in [2.24, 2.45) is 0 Å². The monoisotopic (exact) mass is 340 g/mol. The van der Waals surface area contributed by atoms with Crippen LogP contribution >= 0.6 is 0 Å². The van der Waals surface area contributed by atoms with Crippen molar-refractivity contribution >= 4 is 16.8 Å². The molecule has 1 aromatic heterocycles. The number of nitrogens with one attached hydrogen (secondary N) is 2. The lowest BCUT2D eigenvalue weighted by Crippen LogP contribution is -2.23. The smallest absolute Gasteiger partial charge is 0.252 e. The molecule has 0 aliphatic heterocycles. The quantitative estimate of drug-likeness (QED) is 0.716. The lowest BCUT2D eigenvalue weighted by Gasteiger charge is -2.03. The van der Waals surface area contributed by atoms with Crippen LogP contribution in [-0.4, -0.2) is 24.0 Å². The number of hydrogen-bond acceptors (Lipinski definition) is 2. The number of fused-ring (bicyclic) bond motifs is 1. The van der Waals surface area contributed by atoms with Crippen LogP contribution < -0.4 is 10.1 Å². The molecule has 0 atom stereocenters. The summed E-state index contributed by atoms with van der Waals surface area (Å²) in [5.74, 6) is 3.61. The van der Waals surface area contributed by atoms with Crippen LogP contribution in [0.5, 0.6) is 5.75 Å². The van der Waals surface area contributed by atoms with Gasteiger partial charge in [-0.1, -0.05) is 11.8 Å². The normalized spacial score (nSPS) is 10.2. The lowest BCUT2D eigenvalue weighted by molar-refractivity contribution is 0.0959. The van der Waals surface area contributed by atoms with Gasteiger partial charge in [-0.2, -0.15) is 0 Å². The molecule has 6 heteroatoms. The van der Waals surface area contributed by atoms with Gasteiger partial charge in [-0.15, -0.1) is 0 Å². The fourth-order valence-corrected chi connectivity index (χ4v) is 2.24. The van der Waals surface area contributed by atoms with Gasteiger partial charge in [0, 0.05) is 28.7 Å². The zero-order valence-electron chi connectivity index (χ0n) is 13.1. The van der Waals surface area contributed by atoms with Crippen LogP contribution in [0, 0.1) is 23.5 Å². The Balaban J connectivity index is 1.48. The van der Waals surface area contributed by atoms with E-state index in [-0.39, 0.29) is 24.8 Å². The molecule has 0 spiro atoms. The van der Waals surface area contributed by atoms with Crippen LogP contribution in [0.15, 0.2) is 48.7 Å². The molecule has 0 radical (unpaired) electrons. The Kier molecular flexibility index (Phi) is 4.95. The summed E-state index contributed by atoms with van der Waals surface area (Å²) < 4.78 is 31.2. The maximum Gasteiger partial charge on any atom is 0.252 e. The van der Waals surface area contributed by atoms with Crippen molar-refractivity contribution in [2.45, 2.75) is 0 Å². The molecule has 126 valence electrons. The molecule has 0 aliphatic rings. The van der Waals surface area contributed by atoms with E-state index in [9.17, 15) is 13.6 Å². The van der Waals surface area contributed by atoms with Crippen molar-refractivity contribution in [1.29, 1.82) is 0 Å². The number of aromatic nitrogens is 1. The predicted molar refractivity (Wildman–Crippen MR) is 90.3 cm³/mol. The zero-order valence-corrected chi connectivity index (χ0v) is 13.1. The van der Waals surface area contributed by atoms with Crippen molar-refractivity contribution < 1.29 is 18.3 Å². The van der Waals surface area contributed by atoms with Crippen LogP contribution in [0.25, 0.3) is 10.9 Å². The molecule has 0 bridgehead atoms. The first-order chi connectivity index (χ1) is 12.1. The second-order valence-electron chi connectivity index (χ2n) is 5.18. The average molecular weight is 340 g/mol. The molecule has 0 unspecified atom stereocenters. The van der Waals surface area contributed by atoms with Crippen molar-refractivity contribution in [2.75, 3.05) is 13.2 Å². The first-order valence-electron chi connectivity index (χ1n) is 7.52. The number of rotatable bonds is 4. The van der Waals surface area contributed by atoms with Gasteiger partial charge in [0.2, 0.25) is 0 Å². The van der Waals surface area contributed by atoms with Crippen LogP contribution in [0.3, 0.4) is 0 Å². The van der Waals surface area contributed by atoms with Crippen molar-refractivity contribution in [3.63, 3.8) is 0 Å². The SMILES string of the molecule is O=C(NCC#CCOc1ccc(F)cc1F)c1ccc2[nH]ccc2c1. The van der Waals surface area contributed by atoms with Gasteiger partial charge in [0.25, 0.3) is 5.91 Å². The summed E-state index contributed by atoms with van der Waals surface area (Å²) in [7, 11) is 0. The fraction of sp³-hybridized carbons (Fsp3) is 0.105. The van der Waals surface area contributed by atoms with Crippen LogP contribution in [0.4, 0.5) is 8.78 Å². The topological polar surface area (TPSA) is 54.1 Å². The molecule has 0 saturated carbocycles. The Morgan fingerprint density at radius 1 is 1.12 bits per heavy atom. The first kappa shape index (κ1) is 16.5. The molecule has 0 aliphatic carbocycles. The third kappa shape index (κ3) is 4.15. The first-order valence-corrected chi connectivity index (χ1v) is 7.52. The van der Waals surface area contributed by atoms with Gasteiger partial charge in [0.1, 0.15) is 12.4 Å². The van der Waals surface area contributed by atoms with Gasteiger partial charge in [0.05, 0.1) is 6.54 Å². The summed E-state index contributed by atoms with van der Waals surface area (Å²) in [6.45, 7) is 0.0764. The maximum atomic E-state index is 13.3. The highest BCUT2D eigenvalue weighted by Crippen LogP contribution is 2.17. The van der Waals surface area contributed by atoms with E-state index >= 15 is 0 Å². The van der Waals surface area contributed by atoms with Crippen LogP contribution in [-0.2, 0) is 0 Å². The fourth-order valence-electron chi connectivity index (χ4n) is 2.24. The number of H-pyrrole nitrogens is 1. The van der Waals surface area contributed by atoms with Gasteiger partial charge >= 0.3 is 0 Å². The molecule has 0 fully saturated rings. The Morgan fingerprint density at radius 2 is 2.00 bits per heavy atom. The Bertz CT molecular complexity index is 970. The highest BCUT2D eigenvalue weighted by atomic mass is 19.1. The second-order valence-corrected chi connectivity index (χ2v) is 5.18. The second kappa shape index (κ2) is 7.49. The van der Waals surface area contributed by atoms with Crippen LogP contribution in [0.2, 0.25) is 0 Å². The van der Waals surface area contributed by atoms with Crippen molar-refractivity contribution in [1.82, 2.24) is 10.3 Å². The van der Waals surface area contributed by atoms with E-state index < -0.39 is 11.6 Å². The van der Waals surface area contributed by atoms with E-state index in [1.165, 1.54) is 6.07 Å². The maximum absolute atomic E-state index is 13.3. The number of aromatic amines is 1. The number of ether oxygens (including phenoxy) is 1. The number of halogens is 2. The van der Waals surface area contributed by atoms with Crippen LogP contribution in [0.1, 0.15) is 10.4 Å². The number of amides is 1. The third-order valence-electron chi connectivity index (χ3n) is 3.47. The summed E-state index contributed by atoms with van der Waals surface area (Å²) in [4.78, 5) is 15.1. The predicted octanol–water partition coefficient (Wildman–Crippen LogP) is 3.26. The Morgan fingerprint density at radius 3 is 2.84 bits per heavy atom. The molecule has 1 amide bonds. The van der Waals surface area contributed by atoms with E-state index in [1.54, 1.807) is 12.1 Å². The summed E-state index contributed by atoms with van der Waals surface area (Å²) in [5, 5.41) is 3.62. The summed E-state index contributed by atoms with van der Waals surface area (Å²) in [6.07, 6.45) is 1.81. The summed E-state index contributed by atoms with van der Waals surface area (Å²) >= 11 is 0. The van der Waals surface area contributed by atoms with Gasteiger partial charge in [-0.05, 0) is 36.4 Å². The van der Waals surface area contributed by atoms with Gasteiger partial charge in [0.15, 0.2) is 11.6 Å². The summed E-state index contributed by atoms with van der Waals surface area (Å²) in [6, 6.07) is 10.3. The van der Waals surface area contributed by atoms with Gasteiger partial charge in [-0.3, -0.25) is 4.79 Å². The standard InChI is InChI=1S/C19H14F2N2O2/c20-15-4-6-18(16(21)12-15)25-10-2-1-8-23-19(24)14-3-5-17-13(11-14)7-9-22-17/h3-7,9,11-12,22H,8,10H2,(H,23,24). The van der Waals surface area contributed by atoms with E-state index in [1.807, 2.05) is 18.3 Å². The van der Waals surface area contributed by atoms with E-state index in [2.05, 4.69) is 22.1 Å². The highest BCUT2D eigenvalue weighted by Gasteiger charge is 2.05. The van der Waals surface area contributed by atoms with Gasteiger partial charge < -0.3 is 15.0 Å². The molecular weight excluding hydrogens is 326 g/mol. The lowest BCUT2D eigenvalue weighted by atomic mass is 10.1. The number of hydrogen-bond donors (Lipinski definition) is 2. The number of carbonyl (C=O) groups excluding carboxylic acids is 1. The molecular formula is C19H14F2N2O2. The van der Waals surface area contributed by atoms with Crippen molar-refractivity contribution in [3.8, 4) is 17.6 Å². The highest BCUT2D eigenvalue weighted by molar-refractivity contribution is 5.98. The Labute approximate surface area is 142 Å². The number of carbonyl (C=O) groups is 1. The molecule has 4 nitrogen and oxygen atoms in total. The minimum atomic E-state index is -0.782. The molecule has 25 heavy (non-hydrogen) atoms. The van der Waals surface area contributed by atoms with Crippen molar-refractivity contribution in [3.05, 3.63) is 65.9 Å².